The van der Waals surface area contributed by atoms with Crippen LogP contribution in [0.4, 0.5) is 10.1 Å². The lowest BCUT2D eigenvalue weighted by Gasteiger charge is -2.35. The minimum absolute atomic E-state index is 0.0101. The van der Waals surface area contributed by atoms with Gasteiger partial charge >= 0.3 is 0 Å². The van der Waals surface area contributed by atoms with Crippen LogP contribution in [0.1, 0.15) is 111 Å². The van der Waals surface area contributed by atoms with Gasteiger partial charge in [-0.3, -0.25) is 24.0 Å². The second kappa shape index (κ2) is 20.8. The Morgan fingerprint density at radius 1 is 0.955 bits per heavy atom. The third kappa shape index (κ3) is 11.9. The maximum Gasteiger partial charge on any atom is 0.258 e. The summed E-state index contributed by atoms with van der Waals surface area (Å²) in [5.74, 6) is -1.69. The predicted octanol–water partition coefficient (Wildman–Crippen LogP) is 8.26. The first kappa shape index (κ1) is 48.7. The van der Waals surface area contributed by atoms with Crippen molar-refractivity contribution in [3.8, 4) is 16.2 Å². The summed E-state index contributed by atoms with van der Waals surface area (Å²) in [7, 11) is 0. The van der Waals surface area contributed by atoms with E-state index in [-0.39, 0.29) is 56.6 Å². The second-order valence-corrected chi connectivity index (χ2v) is 19.8. The zero-order valence-electron chi connectivity index (χ0n) is 39.0. The van der Waals surface area contributed by atoms with Crippen molar-refractivity contribution in [2.75, 3.05) is 18.5 Å². The van der Waals surface area contributed by atoms with Crippen molar-refractivity contribution in [2.24, 2.45) is 5.41 Å². The first-order valence-corrected chi connectivity index (χ1v) is 23.9. The van der Waals surface area contributed by atoms with Gasteiger partial charge in [0, 0.05) is 42.7 Å². The minimum Gasteiger partial charge on any atom is -0.493 e. The molecule has 4 aromatic carbocycles. The molecule has 2 heterocycles. The highest BCUT2D eigenvalue weighted by atomic mass is 32.1. The van der Waals surface area contributed by atoms with E-state index in [2.05, 4.69) is 26.3 Å². The van der Waals surface area contributed by atoms with E-state index >= 15 is 0 Å². The number of nitrogens with one attached hydrogen (secondary N) is 4. The SMILES string of the molecule is Cc1ccc(NC(=O)CCCCCOc2cc(-c3scnc3C)ccc2CNC(=O)[C@@H]2C[C@@H](O)CN2C(=O)[C@H](NC(=O)C2(F)CC2)C(C)(C)C)cc1C(=O)N[C@@H](C)c1cccc2ccccc12. The number of amides is 5. The number of rotatable bonds is 18. The number of anilines is 1. The van der Waals surface area contributed by atoms with Gasteiger partial charge in [-0.1, -0.05) is 81.4 Å². The van der Waals surface area contributed by atoms with Crippen LogP contribution in [0.3, 0.4) is 0 Å². The Bertz CT molecular complexity index is 2640. The molecule has 0 unspecified atom stereocenters. The predicted molar refractivity (Wildman–Crippen MR) is 258 cm³/mol. The number of fused-ring (bicyclic) bond motifs is 1. The van der Waals surface area contributed by atoms with Gasteiger partial charge in [0.25, 0.3) is 11.8 Å². The summed E-state index contributed by atoms with van der Waals surface area (Å²) in [6.45, 7) is 11.3. The fraction of sp³-hybridized carbons (Fsp3) is 0.423. The topological polar surface area (TPSA) is 179 Å². The third-order valence-electron chi connectivity index (χ3n) is 12.6. The van der Waals surface area contributed by atoms with E-state index in [0.29, 0.717) is 48.4 Å². The zero-order chi connectivity index (χ0) is 48.0. The summed E-state index contributed by atoms with van der Waals surface area (Å²) in [6.07, 6.45) is 1.49. The first-order chi connectivity index (χ1) is 31.9. The molecule has 5 amide bonds. The molecule has 0 spiro atoms. The lowest BCUT2D eigenvalue weighted by atomic mass is 9.85. The molecule has 2 fully saturated rings. The summed E-state index contributed by atoms with van der Waals surface area (Å²) in [5, 5.41) is 24.4. The van der Waals surface area contributed by atoms with Crippen LogP contribution in [-0.4, -0.2) is 81.5 Å². The molecule has 5 N–H and O–H groups in total. The molecule has 1 aromatic heterocycles. The van der Waals surface area contributed by atoms with Crippen molar-refractivity contribution >= 4 is 57.3 Å². The van der Waals surface area contributed by atoms with Crippen molar-refractivity contribution in [2.45, 2.75) is 123 Å². The number of unbranched alkanes of at least 4 members (excludes halogenated alkanes) is 2. The molecule has 0 radical (unpaired) electrons. The summed E-state index contributed by atoms with van der Waals surface area (Å²) in [5.41, 5.74) is 4.33. The zero-order valence-corrected chi connectivity index (χ0v) is 39.9. The number of hydrogen-bond donors (Lipinski definition) is 5. The average Bonchev–Trinajstić information content (AvgIpc) is 3.70. The van der Waals surface area contributed by atoms with Gasteiger partial charge in [-0.05, 0) is 104 Å². The van der Waals surface area contributed by atoms with Crippen LogP contribution in [0.2, 0.25) is 0 Å². The molecule has 15 heteroatoms. The normalized spacial score (nSPS) is 17.3. The van der Waals surface area contributed by atoms with Crippen LogP contribution in [-0.2, 0) is 25.7 Å². The first-order valence-electron chi connectivity index (χ1n) is 23.0. The maximum absolute atomic E-state index is 14.6. The smallest absolute Gasteiger partial charge is 0.258 e. The van der Waals surface area contributed by atoms with E-state index in [4.69, 9.17) is 4.74 Å². The maximum atomic E-state index is 14.6. The number of benzene rings is 4. The molecule has 4 atom stereocenters. The number of thiazole rings is 1. The van der Waals surface area contributed by atoms with E-state index in [1.54, 1.807) is 38.4 Å². The molecule has 354 valence electrons. The Kier molecular flexibility index (Phi) is 15.1. The van der Waals surface area contributed by atoms with E-state index in [0.717, 1.165) is 38.0 Å². The number of aliphatic hydroxyl groups excluding tert-OH is 1. The number of aromatic nitrogens is 1. The average molecular weight is 933 g/mol. The van der Waals surface area contributed by atoms with Gasteiger partial charge < -0.3 is 36.0 Å². The highest BCUT2D eigenvalue weighted by Crippen LogP contribution is 2.41. The third-order valence-corrected chi connectivity index (χ3v) is 13.6. The van der Waals surface area contributed by atoms with E-state index in [1.807, 2.05) is 87.5 Å². The number of halogens is 1. The molecule has 5 aromatic rings. The van der Waals surface area contributed by atoms with Gasteiger partial charge in [0.1, 0.15) is 17.8 Å². The molecule has 1 saturated carbocycles. The number of β-amino-alcohol motifs (C(OH)–C–C–N with tert-alkyl or cyclic N) is 1. The van der Waals surface area contributed by atoms with Crippen LogP contribution in [0.25, 0.3) is 21.2 Å². The minimum atomic E-state index is -1.98. The number of carbonyl (C=O) groups is 5. The van der Waals surface area contributed by atoms with Gasteiger partial charge in [0.2, 0.25) is 17.7 Å². The Balaban J connectivity index is 0.920. The standard InChI is InChI=1S/C52H61FN6O7S/c1-31-18-21-37(26-41(31)47(62)56-32(2)39-16-12-14-34-13-9-10-15-40(34)39)57-44(61)17-8-7-11-24-66-43-25-35(45-33(3)55-30-67-45)19-20-36(43)28-54-48(63)42-27-38(60)29-59(42)49(64)46(51(4,5)6)58-50(65)52(53)22-23-52/h9-10,12-16,18-21,25-26,30,32,38,42,46,60H,7-8,11,17,22-24,27-29H2,1-6H3,(H,54,63)(H,56,62)(H,57,61)(H,58,65)/t32-,38+,42-,46-/m0/s1. The van der Waals surface area contributed by atoms with Crippen LogP contribution < -0.4 is 26.0 Å². The number of alkyl halides is 1. The molecular formula is C52H61FN6O7S. The van der Waals surface area contributed by atoms with Crippen LogP contribution in [0.5, 0.6) is 5.75 Å². The molecule has 13 nitrogen and oxygen atoms in total. The largest absolute Gasteiger partial charge is 0.493 e. The second-order valence-electron chi connectivity index (χ2n) is 18.9. The molecule has 1 saturated heterocycles. The van der Waals surface area contributed by atoms with Gasteiger partial charge in [-0.2, -0.15) is 0 Å². The van der Waals surface area contributed by atoms with Crippen LogP contribution >= 0.6 is 11.3 Å². The van der Waals surface area contributed by atoms with Gasteiger partial charge in [-0.15, -0.1) is 11.3 Å². The lowest BCUT2D eigenvalue weighted by Crippen LogP contribution is -2.59. The van der Waals surface area contributed by atoms with Gasteiger partial charge in [0.05, 0.1) is 34.8 Å². The highest BCUT2D eigenvalue weighted by molar-refractivity contribution is 7.13. The number of nitrogens with zero attached hydrogens (tertiary/aromatic N) is 2. The fourth-order valence-corrected chi connectivity index (χ4v) is 9.27. The van der Waals surface area contributed by atoms with E-state index < -0.39 is 47.0 Å². The van der Waals surface area contributed by atoms with Gasteiger partial charge in [0.15, 0.2) is 5.67 Å². The highest BCUT2D eigenvalue weighted by Gasteiger charge is 2.53. The van der Waals surface area contributed by atoms with Crippen molar-refractivity contribution in [3.63, 3.8) is 0 Å². The van der Waals surface area contributed by atoms with Crippen molar-refractivity contribution < 1.29 is 38.2 Å². The number of ether oxygens (including phenoxy) is 1. The van der Waals surface area contributed by atoms with Crippen molar-refractivity contribution in [3.05, 3.63) is 112 Å². The summed E-state index contributed by atoms with van der Waals surface area (Å²) in [4.78, 5) is 73.6. The van der Waals surface area contributed by atoms with Crippen LogP contribution in [0.15, 0.2) is 84.4 Å². The Hall–Kier alpha value is -6.19. The molecule has 0 bridgehead atoms. The number of aliphatic hydroxyl groups is 1. The number of carbonyl (C=O) groups excluding carboxylic acids is 5. The summed E-state index contributed by atoms with van der Waals surface area (Å²) >= 11 is 1.51. The van der Waals surface area contributed by atoms with Crippen molar-refractivity contribution in [1.82, 2.24) is 25.8 Å². The van der Waals surface area contributed by atoms with Crippen molar-refractivity contribution in [1.29, 1.82) is 0 Å². The lowest BCUT2D eigenvalue weighted by molar-refractivity contribution is -0.145. The number of aryl methyl sites for hydroxylation is 2. The van der Waals surface area contributed by atoms with Crippen LogP contribution in [0, 0.1) is 19.3 Å². The Morgan fingerprint density at radius 3 is 2.45 bits per heavy atom. The molecule has 1 aliphatic heterocycles. The molecule has 2 aliphatic rings. The summed E-state index contributed by atoms with van der Waals surface area (Å²) < 4.78 is 21.0. The van der Waals surface area contributed by atoms with E-state index in [9.17, 15) is 33.5 Å². The van der Waals surface area contributed by atoms with Gasteiger partial charge in [-0.25, -0.2) is 9.37 Å². The Morgan fingerprint density at radius 2 is 1.72 bits per heavy atom. The number of hydrogen-bond acceptors (Lipinski definition) is 9. The number of likely N-dealkylation sites (tertiary alicyclic amines) is 1. The Labute approximate surface area is 395 Å². The monoisotopic (exact) mass is 932 g/mol. The summed E-state index contributed by atoms with van der Waals surface area (Å²) in [6, 6.07) is 22.8. The molecular weight excluding hydrogens is 872 g/mol. The molecule has 1 aliphatic carbocycles. The van der Waals surface area contributed by atoms with E-state index in [1.165, 1.54) is 16.2 Å². The fourth-order valence-electron chi connectivity index (χ4n) is 8.47. The quantitative estimate of drug-likeness (QED) is 0.0545. The molecule has 7 rings (SSSR count). The molecule has 67 heavy (non-hydrogen) atoms.